The molecule has 1 aliphatic rings. The molecule has 180 valence electrons. The molecular weight excluding hydrogens is 471 g/mol. The fraction of sp³-hybridized carbons (Fsp3) is 0.103. The average molecular weight is 490 g/mol. The van der Waals surface area contributed by atoms with Crippen LogP contribution in [0.4, 0.5) is 10.1 Å². The minimum atomic E-state index is -0.459. The normalized spacial score (nSPS) is 12.7. The lowest BCUT2D eigenvalue weighted by Crippen LogP contribution is -2.24. The third-order valence-corrected chi connectivity index (χ3v) is 6.90. The predicted octanol–water partition coefficient (Wildman–Crippen LogP) is 5.65. The van der Waals surface area contributed by atoms with Crippen LogP contribution in [0.3, 0.4) is 0 Å². The number of carbonyl (C=O) groups is 2. The highest BCUT2D eigenvalue weighted by Crippen LogP contribution is 2.40. The maximum absolute atomic E-state index is 13.8. The Bertz CT molecular complexity index is 1830. The number of carbonyl (C=O) groups excluding carboxylic acids is 2. The highest BCUT2D eigenvalue weighted by atomic mass is 19.1. The highest BCUT2D eigenvalue weighted by molar-refractivity contribution is 6.16. The van der Waals surface area contributed by atoms with Crippen LogP contribution < -0.4 is 4.90 Å². The second-order valence-electron chi connectivity index (χ2n) is 8.90. The molecule has 0 saturated heterocycles. The Morgan fingerprint density at radius 2 is 2.00 bits per heavy atom. The second-order valence-corrected chi connectivity index (χ2v) is 8.90. The van der Waals surface area contributed by atoms with Crippen LogP contribution in [0, 0.1) is 24.1 Å². The smallest absolute Gasteiger partial charge is 0.337 e. The Labute approximate surface area is 210 Å². The highest BCUT2D eigenvalue weighted by Gasteiger charge is 2.30. The van der Waals surface area contributed by atoms with Gasteiger partial charge in [0.2, 0.25) is 0 Å². The Kier molecular flexibility index (Phi) is 5.02. The number of anilines is 1. The fourth-order valence-electron chi connectivity index (χ4n) is 5.08. The van der Waals surface area contributed by atoms with Crippen LogP contribution in [-0.4, -0.2) is 29.0 Å². The number of nitriles is 1. The fourth-order valence-corrected chi connectivity index (χ4v) is 5.08. The van der Waals surface area contributed by atoms with Gasteiger partial charge in [-0.25, -0.2) is 9.18 Å². The van der Waals surface area contributed by atoms with E-state index in [1.54, 1.807) is 29.2 Å². The molecule has 3 aromatic carbocycles. The standard InChI is InChI=1S/C29H19FN4O3/c1-15-20(4-3-5-24(15)34-14-17-6-8-19(30)11-22(17)28(34)35)27-25-21-9-7-16(29(36)37-2)10-23(21)33-26(25)18(12-31)13-32-27/h3-11,13,33H,14H2,1-2H3. The number of fused-ring (bicyclic) bond motifs is 4. The van der Waals surface area contributed by atoms with Gasteiger partial charge in [-0.05, 0) is 48.4 Å². The van der Waals surface area contributed by atoms with E-state index in [1.165, 1.54) is 25.4 Å². The van der Waals surface area contributed by atoms with Crippen LogP contribution in [-0.2, 0) is 11.3 Å². The Balaban J connectivity index is 1.54. The van der Waals surface area contributed by atoms with Crippen molar-refractivity contribution in [3.05, 3.63) is 94.4 Å². The molecule has 37 heavy (non-hydrogen) atoms. The maximum Gasteiger partial charge on any atom is 0.337 e. The van der Waals surface area contributed by atoms with Crippen molar-refractivity contribution in [1.82, 2.24) is 9.97 Å². The summed E-state index contributed by atoms with van der Waals surface area (Å²) in [6, 6.07) is 17.3. The molecule has 0 aliphatic carbocycles. The number of aromatic amines is 1. The van der Waals surface area contributed by atoms with Crippen LogP contribution in [0.1, 0.15) is 37.4 Å². The first-order valence-electron chi connectivity index (χ1n) is 11.5. The van der Waals surface area contributed by atoms with Gasteiger partial charge in [-0.15, -0.1) is 0 Å². The third kappa shape index (κ3) is 3.36. The molecule has 6 rings (SSSR count). The molecule has 7 nitrogen and oxygen atoms in total. The molecule has 0 atom stereocenters. The molecule has 0 fully saturated rings. The average Bonchev–Trinajstić information content (AvgIpc) is 3.45. The van der Waals surface area contributed by atoms with E-state index in [4.69, 9.17) is 4.74 Å². The Morgan fingerprint density at radius 1 is 1.16 bits per heavy atom. The maximum atomic E-state index is 13.8. The van der Waals surface area contributed by atoms with Crippen LogP contribution in [0.2, 0.25) is 0 Å². The van der Waals surface area contributed by atoms with E-state index >= 15 is 0 Å². The molecule has 1 aliphatic heterocycles. The molecular formula is C29H19FN4O3. The lowest BCUT2D eigenvalue weighted by molar-refractivity contribution is 0.0600. The summed E-state index contributed by atoms with van der Waals surface area (Å²) in [6.07, 6.45) is 1.51. The van der Waals surface area contributed by atoms with Crippen molar-refractivity contribution in [2.24, 2.45) is 0 Å². The van der Waals surface area contributed by atoms with Gasteiger partial charge in [0, 0.05) is 39.3 Å². The molecule has 0 bridgehead atoms. The summed E-state index contributed by atoms with van der Waals surface area (Å²) < 4.78 is 18.6. The lowest BCUT2D eigenvalue weighted by atomic mass is 9.98. The number of benzene rings is 3. The van der Waals surface area contributed by atoms with E-state index in [0.29, 0.717) is 45.6 Å². The zero-order valence-electron chi connectivity index (χ0n) is 19.9. The number of pyridine rings is 1. The zero-order valence-corrected chi connectivity index (χ0v) is 19.9. The summed E-state index contributed by atoms with van der Waals surface area (Å²) >= 11 is 0. The zero-order chi connectivity index (χ0) is 25.8. The van der Waals surface area contributed by atoms with Gasteiger partial charge < -0.3 is 14.6 Å². The minimum Gasteiger partial charge on any atom is -0.465 e. The predicted molar refractivity (Wildman–Crippen MR) is 137 cm³/mol. The van der Waals surface area contributed by atoms with Crippen molar-refractivity contribution in [3.8, 4) is 17.3 Å². The number of H-pyrrole nitrogens is 1. The van der Waals surface area contributed by atoms with Crippen molar-refractivity contribution >= 4 is 39.4 Å². The summed E-state index contributed by atoms with van der Waals surface area (Å²) in [4.78, 5) is 34.8. The number of aromatic nitrogens is 2. The molecule has 0 radical (unpaired) electrons. The third-order valence-electron chi connectivity index (χ3n) is 6.90. The minimum absolute atomic E-state index is 0.255. The van der Waals surface area contributed by atoms with Gasteiger partial charge in [0.1, 0.15) is 11.9 Å². The second kappa shape index (κ2) is 8.28. The van der Waals surface area contributed by atoms with E-state index in [1.807, 2.05) is 25.1 Å². The first-order valence-corrected chi connectivity index (χ1v) is 11.5. The number of nitrogens with zero attached hydrogens (tertiary/aromatic N) is 3. The van der Waals surface area contributed by atoms with Crippen molar-refractivity contribution in [2.45, 2.75) is 13.5 Å². The van der Waals surface area contributed by atoms with Crippen molar-refractivity contribution in [1.29, 1.82) is 5.26 Å². The molecule has 5 aromatic rings. The van der Waals surface area contributed by atoms with Gasteiger partial charge in [0.25, 0.3) is 5.91 Å². The number of hydrogen-bond acceptors (Lipinski definition) is 5. The van der Waals surface area contributed by atoms with Gasteiger partial charge in [-0.3, -0.25) is 9.78 Å². The summed E-state index contributed by atoms with van der Waals surface area (Å²) in [7, 11) is 1.32. The first kappa shape index (κ1) is 22.4. The van der Waals surface area contributed by atoms with Crippen molar-refractivity contribution < 1.29 is 18.7 Å². The number of halogens is 1. The number of ether oxygens (including phenoxy) is 1. The van der Waals surface area contributed by atoms with Crippen LogP contribution in [0.5, 0.6) is 0 Å². The first-order chi connectivity index (χ1) is 17.9. The van der Waals surface area contributed by atoms with E-state index in [2.05, 4.69) is 16.0 Å². The van der Waals surface area contributed by atoms with Crippen LogP contribution in [0.15, 0.2) is 60.8 Å². The topological polar surface area (TPSA) is 99.1 Å². The molecule has 0 spiro atoms. The molecule has 0 saturated carbocycles. The largest absolute Gasteiger partial charge is 0.465 e. The number of amides is 1. The van der Waals surface area contributed by atoms with Crippen molar-refractivity contribution in [3.63, 3.8) is 0 Å². The molecule has 1 N–H and O–H groups in total. The number of esters is 1. The summed E-state index contributed by atoms with van der Waals surface area (Å²) in [5.41, 5.74) is 6.12. The van der Waals surface area contributed by atoms with Gasteiger partial charge in [-0.2, -0.15) is 5.26 Å². The molecule has 2 aromatic heterocycles. The number of methoxy groups -OCH3 is 1. The van der Waals surface area contributed by atoms with Crippen LogP contribution in [0.25, 0.3) is 33.1 Å². The van der Waals surface area contributed by atoms with Crippen molar-refractivity contribution in [2.75, 3.05) is 12.0 Å². The van der Waals surface area contributed by atoms with E-state index in [-0.39, 0.29) is 5.91 Å². The van der Waals surface area contributed by atoms with Gasteiger partial charge in [-0.1, -0.05) is 24.3 Å². The van der Waals surface area contributed by atoms with Gasteiger partial charge >= 0.3 is 5.97 Å². The Hall–Kier alpha value is -5.03. The van der Waals surface area contributed by atoms with Crippen LogP contribution >= 0.6 is 0 Å². The summed E-state index contributed by atoms with van der Waals surface area (Å²) in [6.45, 7) is 2.26. The van der Waals surface area contributed by atoms with E-state index in [0.717, 1.165) is 27.5 Å². The summed E-state index contributed by atoms with van der Waals surface area (Å²) in [5, 5.41) is 11.3. The quantitative estimate of drug-likeness (QED) is 0.330. The molecule has 3 heterocycles. The molecule has 0 unspecified atom stereocenters. The molecule has 1 amide bonds. The van der Waals surface area contributed by atoms with E-state index < -0.39 is 11.8 Å². The number of hydrogen-bond donors (Lipinski definition) is 1. The van der Waals surface area contributed by atoms with Gasteiger partial charge in [0.05, 0.1) is 36.0 Å². The lowest BCUT2D eigenvalue weighted by Gasteiger charge is -2.20. The number of nitrogens with one attached hydrogen (secondary N) is 1. The SMILES string of the molecule is COC(=O)c1ccc2c(c1)[nH]c1c(C#N)cnc(-c3cccc(N4Cc5ccc(F)cc5C4=O)c3C)c12. The Morgan fingerprint density at radius 3 is 2.78 bits per heavy atom. The number of rotatable bonds is 3. The van der Waals surface area contributed by atoms with Gasteiger partial charge in [0.15, 0.2) is 0 Å². The van der Waals surface area contributed by atoms with E-state index in [9.17, 15) is 19.2 Å². The molecule has 8 heteroatoms. The summed E-state index contributed by atoms with van der Waals surface area (Å²) in [5.74, 6) is -1.16. The monoisotopic (exact) mass is 490 g/mol.